The van der Waals surface area contributed by atoms with E-state index in [0.29, 0.717) is 10.6 Å². The molecule has 3 amide bonds. The maximum absolute atomic E-state index is 13.2. The summed E-state index contributed by atoms with van der Waals surface area (Å²) in [6.45, 7) is 1.66. The van der Waals surface area contributed by atoms with Gasteiger partial charge in [0.05, 0.1) is 6.54 Å². The quantitative estimate of drug-likeness (QED) is 0.645. The Morgan fingerprint density at radius 1 is 1.17 bits per heavy atom. The molecule has 0 saturated carbocycles. The summed E-state index contributed by atoms with van der Waals surface area (Å²) in [5.41, 5.74) is 2.90. The zero-order valence-corrected chi connectivity index (χ0v) is 17.1. The molecule has 0 spiro atoms. The number of halogens is 1. The van der Waals surface area contributed by atoms with Crippen LogP contribution >= 0.6 is 11.6 Å². The highest BCUT2D eigenvalue weighted by atomic mass is 35.5. The predicted molar refractivity (Wildman–Crippen MR) is 110 cm³/mol. The second-order valence-electron chi connectivity index (χ2n) is 7.81. The summed E-state index contributed by atoms with van der Waals surface area (Å²) in [7, 11) is 0. The SMILES string of the molecule is CC1(c2ccc3c(c2)CCC3)NC(=O)N(Cc2noc(-c3cccc(Cl)c3)n2)C1=O. The molecular formula is C22H19ClN4O3. The van der Waals surface area contributed by atoms with Crippen LogP contribution in [0, 0.1) is 0 Å². The van der Waals surface area contributed by atoms with Crippen molar-refractivity contribution < 1.29 is 14.1 Å². The molecular weight excluding hydrogens is 404 g/mol. The fourth-order valence-electron chi connectivity index (χ4n) is 4.12. The molecule has 0 bridgehead atoms. The molecule has 1 unspecified atom stereocenters. The van der Waals surface area contributed by atoms with Crippen LogP contribution in [0.5, 0.6) is 0 Å². The molecule has 1 N–H and O–H groups in total. The number of imide groups is 1. The van der Waals surface area contributed by atoms with Gasteiger partial charge in [-0.1, -0.05) is 41.0 Å². The minimum atomic E-state index is -1.12. The van der Waals surface area contributed by atoms with E-state index in [2.05, 4.69) is 21.5 Å². The highest BCUT2D eigenvalue weighted by Crippen LogP contribution is 2.33. The molecule has 7 nitrogen and oxygen atoms in total. The van der Waals surface area contributed by atoms with E-state index < -0.39 is 11.6 Å². The summed E-state index contributed by atoms with van der Waals surface area (Å²) in [5.74, 6) is 0.187. The summed E-state index contributed by atoms with van der Waals surface area (Å²) >= 11 is 6.01. The van der Waals surface area contributed by atoms with E-state index >= 15 is 0 Å². The Morgan fingerprint density at radius 3 is 2.83 bits per heavy atom. The van der Waals surface area contributed by atoms with Crippen molar-refractivity contribution in [3.05, 3.63) is 70.0 Å². The number of benzene rings is 2. The molecule has 2 aromatic carbocycles. The second kappa shape index (κ2) is 6.95. The van der Waals surface area contributed by atoms with Crippen LogP contribution in [0.1, 0.15) is 35.9 Å². The van der Waals surface area contributed by atoms with Gasteiger partial charge >= 0.3 is 6.03 Å². The van der Waals surface area contributed by atoms with Crippen LogP contribution in [-0.2, 0) is 29.7 Å². The molecule has 2 aliphatic rings. The van der Waals surface area contributed by atoms with Gasteiger partial charge in [0.1, 0.15) is 5.54 Å². The van der Waals surface area contributed by atoms with Crippen LogP contribution in [-0.4, -0.2) is 27.0 Å². The van der Waals surface area contributed by atoms with Gasteiger partial charge in [-0.2, -0.15) is 4.98 Å². The number of fused-ring (bicyclic) bond motifs is 1. The van der Waals surface area contributed by atoms with Crippen molar-refractivity contribution in [3.8, 4) is 11.5 Å². The molecule has 1 fully saturated rings. The van der Waals surface area contributed by atoms with Crippen molar-refractivity contribution in [1.29, 1.82) is 0 Å². The minimum absolute atomic E-state index is 0.0741. The zero-order chi connectivity index (χ0) is 20.9. The van der Waals surface area contributed by atoms with E-state index in [1.54, 1.807) is 31.2 Å². The topological polar surface area (TPSA) is 88.3 Å². The fraction of sp³-hybridized carbons (Fsp3) is 0.273. The molecule has 152 valence electrons. The lowest BCUT2D eigenvalue weighted by atomic mass is 9.89. The first-order valence-corrected chi connectivity index (χ1v) is 10.2. The maximum atomic E-state index is 13.2. The van der Waals surface area contributed by atoms with E-state index in [1.165, 1.54) is 11.1 Å². The number of hydrogen-bond acceptors (Lipinski definition) is 5. The summed E-state index contributed by atoms with van der Waals surface area (Å²) in [4.78, 5) is 31.3. The number of amides is 3. The van der Waals surface area contributed by atoms with Gasteiger partial charge in [-0.25, -0.2) is 4.79 Å². The molecule has 2 heterocycles. The van der Waals surface area contributed by atoms with Crippen molar-refractivity contribution in [3.63, 3.8) is 0 Å². The van der Waals surface area contributed by atoms with Crippen LogP contribution in [0.4, 0.5) is 4.79 Å². The van der Waals surface area contributed by atoms with Crippen molar-refractivity contribution in [2.24, 2.45) is 0 Å². The van der Waals surface area contributed by atoms with Crippen LogP contribution in [0.25, 0.3) is 11.5 Å². The van der Waals surface area contributed by atoms with Gasteiger partial charge in [0.25, 0.3) is 11.8 Å². The predicted octanol–water partition coefficient (Wildman–Crippen LogP) is 3.85. The molecule has 1 aliphatic heterocycles. The van der Waals surface area contributed by atoms with E-state index in [9.17, 15) is 9.59 Å². The molecule has 1 aromatic heterocycles. The van der Waals surface area contributed by atoms with Crippen LogP contribution in [0.3, 0.4) is 0 Å². The number of urea groups is 1. The van der Waals surface area contributed by atoms with Gasteiger partial charge in [-0.3, -0.25) is 9.69 Å². The Hall–Kier alpha value is -3.19. The van der Waals surface area contributed by atoms with Crippen molar-refractivity contribution in [2.75, 3.05) is 0 Å². The molecule has 3 aromatic rings. The standard InChI is InChI=1S/C22H19ClN4O3/c1-22(16-9-8-13-4-2-5-14(13)10-16)20(28)27(21(29)25-22)12-18-24-19(30-26-18)15-6-3-7-17(23)11-15/h3,6-11H,2,4-5,12H2,1H3,(H,25,29). The van der Waals surface area contributed by atoms with Gasteiger partial charge in [-0.05, 0) is 61.1 Å². The lowest BCUT2D eigenvalue weighted by Crippen LogP contribution is -2.41. The third kappa shape index (κ3) is 3.06. The average molecular weight is 423 g/mol. The smallest absolute Gasteiger partial charge is 0.325 e. The molecule has 1 aliphatic carbocycles. The van der Waals surface area contributed by atoms with Crippen LogP contribution < -0.4 is 5.32 Å². The van der Waals surface area contributed by atoms with E-state index in [1.807, 2.05) is 12.1 Å². The molecule has 5 rings (SSSR count). The third-order valence-corrected chi connectivity index (χ3v) is 6.03. The summed E-state index contributed by atoms with van der Waals surface area (Å²) < 4.78 is 5.28. The first-order chi connectivity index (χ1) is 14.4. The normalized spacial score (nSPS) is 20.5. The highest BCUT2D eigenvalue weighted by molar-refractivity contribution is 6.30. The van der Waals surface area contributed by atoms with Gasteiger partial charge < -0.3 is 9.84 Å². The monoisotopic (exact) mass is 422 g/mol. The molecule has 1 atom stereocenters. The molecule has 30 heavy (non-hydrogen) atoms. The van der Waals surface area contributed by atoms with Crippen molar-refractivity contribution in [1.82, 2.24) is 20.4 Å². The first kappa shape index (κ1) is 18.8. The highest BCUT2D eigenvalue weighted by Gasteiger charge is 2.49. The van der Waals surface area contributed by atoms with Crippen LogP contribution in [0.15, 0.2) is 47.0 Å². The van der Waals surface area contributed by atoms with Gasteiger partial charge in [-0.15, -0.1) is 0 Å². The number of nitrogens with zero attached hydrogens (tertiary/aromatic N) is 3. The zero-order valence-electron chi connectivity index (χ0n) is 16.3. The molecule has 0 radical (unpaired) electrons. The first-order valence-electron chi connectivity index (χ1n) is 9.79. The fourth-order valence-corrected chi connectivity index (χ4v) is 4.31. The van der Waals surface area contributed by atoms with Crippen LogP contribution in [0.2, 0.25) is 5.02 Å². The van der Waals surface area contributed by atoms with E-state index in [-0.39, 0.29) is 24.2 Å². The second-order valence-corrected chi connectivity index (χ2v) is 8.25. The summed E-state index contributed by atoms with van der Waals surface area (Å²) in [6, 6.07) is 12.6. The Balaban J connectivity index is 1.39. The lowest BCUT2D eigenvalue weighted by molar-refractivity contribution is -0.131. The number of aromatic nitrogens is 2. The van der Waals surface area contributed by atoms with Crippen molar-refractivity contribution >= 4 is 23.5 Å². The van der Waals surface area contributed by atoms with Crippen molar-refractivity contribution in [2.45, 2.75) is 38.3 Å². The Morgan fingerprint density at radius 2 is 2.00 bits per heavy atom. The molecule has 1 saturated heterocycles. The largest absolute Gasteiger partial charge is 0.334 e. The average Bonchev–Trinajstić information content (AvgIpc) is 3.44. The number of aryl methyl sites for hydroxylation is 2. The maximum Gasteiger partial charge on any atom is 0.325 e. The Bertz CT molecular complexity index is 1170. The number of nitrogens with one attached hydrogen (secondary N) is 1. The van der Waals surface area contributed by atoms with E-state index in [4.69, 9.17) is 16.1 Å². The van der Waals surface area contributed by atoms with E-state index in [0.717, 1.165) is 29.7 Å². The van der Waals surface area contributed by atoms with Gasteiger partial charge in [0.2, 0.25) is 0 Å². The number of hydrogen-bond donors (Lipinski definition) is 1. The van der Waals surface area contributed by atoms with Gasteiger partial charge in [0, 0.05) is 10.6 Å². The Labute approximate surface area is 178 Å². The lowest BCUT2D eigenvalue weighted by Gasteiger charge is -2.23. The number of carbonyl (C=O) groups excluding carboxylic acids is 2. The van der Waals surface area contributed by atoms with Gasteiger partial charge in [0.15, 0.2) is 5.82 Å². The summed E-state index contributed by atoms with van der Waals surface area (Å²) in [5, 5.41) is 7.30. The third-order valence-electron chi connectivity index (χ3n) is 5.79. The number of rotatable bonds is 4. The summed E-state index contributed by atoms with van der Waals surface area (Å²) in [6.07, 6.45) is 3.18. The number of carbonyl (C=O) groups is 2. The molecule has 8 heteroatoms. The Kier molecular flexibility index (Phi) is 4.36. The minimum Gasteiger partial charge on any atom is -0.334 e.